The maximum Gasteiger partial charge on any atom is 0.490 e. The number of hydrogen-bond donors (Lipinski definition) is 7. The van der Waals surface area contributed by atoms with Crippen molar-refractivity contribution in [3.8, 4) is 0 Å². The van der Waals surface area contributed by atoms with Crippen LogP contribution in [0.2, 0.25) is 0 Å². The minimum Gasteiger partial charge on any atom is -0.475 e. The molecule has 294 valence electrons. The zero-order valence-corrected chi connectivity index (χ0v) is 20.9. The van der Waals surface area contributed by atoms with Crippen LogP contribution >= 0.6 is 0 Å². The number of aliphatic carboxylic acids is 7. The molecule has 0 unspecified atom stereocenters. The second-order valence-electron chi connectivity index (χ2n) is 5.62. The Hall–Kier alpha value is -5.18. The summed E-state index contributed by atoms with van der Waals surface area (Å²) in [5, 5.41) is 49.9. The Balaban J connectivity index is -0.0000000840. The van der Waals surface area contributed by atoms with Crippen LogP contribution < -0.4 is 0 Å². The van der Waals surface area contributed by atoms with Gasteiger partial charge in [0.15, 0.2) is 0 Å². The van der Waals surface area contributed by atoms with Gasteiger partial charge in [-0.25, -0.2) is 33.6 Å². The standard InChI is InChI=1S/7C2HF3O2/c7*3-2(4,5)1(6)7/h7*(H,6,7). The van der Waals surface area contributed by atoms with Gasteiger partial charge in [0.2, 0.25) is 0 Å². The molecule has 0 aromatic rings. The van der Waals surface area contributed by atoms with Crippen LogP contribution in [0, 0.1) is 0 Å². The second-order valence-corrected chi connectivity index (χ2v) is 5.62. The van der Waals surface area contributed by atoms with Crippen molar-refractivity contribution < 1.29 is 162 Å². The van der Waals surface area contributed by atoms with E-state index in [1.807, 2.05) is 0 Å². The van der Waals surface area contributed by atoms with E-state index in [1.165, 1.54) is 0 Å². The Bertz CT molecular complexity index is 820. The smallest absolute Gasteiger partial charge is 0.475 e. The summed E-state index contributed by atoms with van der Waals surface area (Å²) in [4.78, 5) is 62.3. The van der Waals surface area contributed by atoms with Gasteiger partial charge in [0.1, 0.15) is 0 Å². The molecule has 0 aliphatic carbocycles. The van der Waals surface area contributed by atoms with Gasteiger partial charge >= 0.3 is 85.0 Å². The minimum atomic E-state index is -5.08. The highest BCUT2D eigenvalue weighted by Crippen LogP contribution is 2.16. The van der Waals surface area contributed by atoms with Gasteiger partial charge in [-0.15, -0.1) is 0 Å². The maximum atomic E-state index is 10.6. The lowest BCUT2D eigenvalue weighted by molar-refractivity contribution is -0.193. The Morgan fingerprint density at radius 3 is 0.224 bits per heavy atom. The topological polar surface area (TPSA) is 261 Å². The van der Waals surface area contributed by atoms with E-state index in [1.54, 1.807) is 0 Å². The maximum absolute atomic E-state index is 10.6. The monoisotopic (exact) mass is 798 g/mol. The molecule has 0 saturated carbocycles. The van der Waals surface area contributed by atoms with Crippen LogP contribution in [-0.4, -0.2) is 121 Å². The molecule has 49 heavy (non-hydrogen) atoms. The fourth-order valence-corrected chi connectivity index (χ4v) is 0. The van der Waals surface area contributed by atoms with E-state index in [4.69, 9.17) is 69.3 Å². The summed E-state index contributed by atoms with van der Waals surface area (Å²) in [5.74, 6) is -19.3. The van der Waals surface area contributed by atoms with Crippen LogP contribution in [0.1, 0.15) is 0 Å². The van der Waals surface area contributed by atoms with Crippen molar-refractivity contribution in [2.75, 3.05) is 0 Å². The molecule has 35 heteroatoms. The van der Waals surface area contributed by atoms with Crippen LogP contribution in [0.3, 0.4) is 0 Å². The summed E-state index contributed by atoms with van der Waals surface area (Å²) in [6.45, 7) is 0. The number of carboxylic acids is 7. The Morgan fingerprint density at radius 2 is 0.224 bits per heavy atom. The van der Waals surface area contributed by atoms with Crippen LogP contribution in [0.25, 0.3) is 0 Å². The molecule has 0 aliphatic rings. The molecule has 0 radical (unpaired) electrons. The predicted octanol–water partition coefficient (Wildman–Crippen LogP) is 4.43. The molecule has 0 aromatic heterocycles. The van der Waals surface area contributed by atoms with Crippen molar-refractivity contribution in [3.05, 3.63) is 0 Å². The first kappa shape index (κ1) is 59.3. The number of hydrogen-bond acceptors (Lipinski definition) is 7. The highest BCUT2D eigenvalue weighted by Gasteiger charge is 2.41. The first-order valence-electron chi connectivity index (χ1n) is 8.71. The largest absolute Gasteiger partial charge is 0.490 e. The average Bonchev–Trinajstić information content (AvgIpc) is 2.77. The molecule has 0 aromatic carbocycles. The van der Waals surface area contributed by atoms with Crippen molar-refractivity contribution in [1.82, 2.24) is 0 Å². The van der Waals surface area contributed by atoms with E-state index in [0.717, 1.165) is 0 Å². The number of carbonyl (C=O) groups is 7. The highest BCUT2D eigenvalue weighted by molar-refractivity contribution is 5.75. The third kappa shape index (κ3) is 52.6. The minimum absolute atomic E-state index is 2.76. The summed E-state index contributed by atoms with van der Waals surface area (Å²) >= 11 is 0. The number of alkyl halides is 21. The van der Waals surface area contributed by atoms with Gasteiger partial charge in [-0.2, -0.15) is 92.2 Å². The average molecular weight is 798 g/mol. The van der Waals surface area contributed by atoms with Crippen LogP contribution in [-0.2, 0) is 33.6 Å². The molecule has 0 fully saturated rings. The van der Waals surface area contributed by atoms with Crippen molar-refractivity contribution in [2.45, 2.75) is 43.2 Å². The number of carboxylic acid groups (broad SMARTS) is 7. The van der Waals surface area contributed by atoms with E-state index in [2.05, 4.69) is 0 Å². The number of halogens is 21. The van der Waals surface area contributed by atoms with Gasteiger partial charge in [-0.3, -0.25) is 0 Å². The third-order valence-electron chi connectivity index (χ3n) is 1.70. The van der Waals surface area contributed by atoms with E-state index in [9.17, 15) is 92.2 Å². The van der Waals surface area contributed by atoms with Crippen LogP contribution in [0.4, 0.5) is 92.2 Å². The Kier molecular flexibility index (Phi) is 27.1. The van der Waals surface area contributed by atoms with Gasteiger partial charge in [0.05, 0.1) is 0 Å². The molecule has 0 amide bonds. The Labute approximate surface area is 248 Å². The summed E-state index contributed by atoms with van der Waals surface area (Å²) in [5.41, 5.74) is 0. The third-order valence-corrected chi connectivity index (χ3v) is 1.70. The highest BCUT2D eigenvalue weighted by atomic mass is 19.4. The van der Waals surface area contributed by atoms with E-state index in [-0.39, 0.29) is 0 Å². The van der Waals surface area contributed by atoms with E-state index in [0.29, 0.717) is 0 Å². The van der Waals surface area contributed by atoms with E-state index >= 15 is 0 Å². The first-order chi connectivity index (χ1) is 20.6. The molecule has 14 nitrogen and oxygen atoms in total. The summed E-state index contributed by atoms with van der Waals surface area (Å²) < 4.78 is 222. The second kappa shape index (κ2) is 22.4. The first-order valence-corrected chi connectivity index (χ1v) is 8.71. The van der Waals surface area contributed by atoms with Gasteiger partial charge in [-0.05, 0) is 0 Å². The van der Waals surface area contributed by atoms with Gasteiger partial charge in [0, 0.05) is 0 Å². The zero-order valence-electron chi connectivity index (χ0n) is 20.9. The summed E-state index contributed by atoms with van der Waals surface area (Å²) in [7, 11) is 0. The van der Waals surface area contributed by atoms with Crippen molar-refractivity contribution >= 4 is 41.8 Å². The SMILES string of the molecule is O=C(O)C(F)(F)F.O=C(O)C(F)(F)F.O=C(O)C(F)(F)F.O=C(O)C(F)(F)F.O=C(O)C(F)(F)F.O=C(O)C(F)(F)F.O=C(O)C(F)(F)F. The molecule has 0 saturated heterocycles. The van der Waals surface area contributed by atoms with E-state index < -0.39 is 85.0 Å². The van der Waals surface area contributed by atoms with Crippen molar-refractivity contribution in [3.63, 3.8) is 0 Å². The lowest BCUT2D eigenvalue weighted by Gasteiger charge is -1.93. The predicted molar refractivity (Wildman–Crippen MR) is 95.8 cm³/mol. The number of rotatable bonds is 0. The van der Waals surface area contributed by atoms with Crippen LogP contribution in [0.5, 0.6) is 0 Å². The fourth-order valence-electron chi connectivity index (χ4n) is 0. The van der Waals surface area contributed by atoms with Gasteiger partial charge in [0.25, 0.3) is 0 Å². The molecule has 0 aliphatic heterocycles. The molecule has 0 spiro atoms. The molecular formula is C14H7F21O14. The van der Waals surface area contributed by atoms with Gasteiger partial charge in [-0.1, -0.05) is 0 Å². The molecule has 7 N–H and O–H groups in total. The molecular weight excluding hydrogens is 791 g/mol. The van der Waals surface area contributed by atoms with Crippen molar-refractivity contribution in [2.24, 2.45) is 0 Å². The molecule has 0 bridgehead atoms. The molecule has 0 rings (SSSR count). The zero-order chi connectivity index (χ0) is 42.5. The lowest BCUT2D eigenvalue weighted by Crippen LogP contribution is -2.21. The molecule has 0 heterocycles. The van der Waals surface area contributed by atoms with Crippen LogP contribution in [0.15, 0.2) is 0 Å². The Morgan fingerprint density at radius 1 is 0.204 bits per heavy atom. The quantitative estimate of drug-likeness (QED) is 0.167. The normalized spacial score (nSPS) is 11.3. The molecule has 0 atom stereocenters. The lowest BCUT2D eigenvalue weighted by atomic mass is 10.7. The van der Waals surface area contributed by atoms with Gasteiger partial charge < -0.3 is 35.7 Å². The summed E-state index contributed by atoms with van der Waals surface area (Å²) in [6, 6.07) is 0. The summed E-state index contributed by atoms with van der Waals surface area (Å²) in [6.07, 6.45) is -35.6. The van der Waals surface area contributed by atoms with Crippen molar-refractivity contribution in [1.29, 1.82) is 0 Å². The fraction of sp³-hybridized carbons (Fsp3) is 0.500.